The van der Waals surface area contributed by atoms with E-state index >= 15 is 0 Å². The number of carbonyl (C=O) groups excluding carboxylic acids is 3. The number of piperidine rings is 1. The van der Waals surface area contributed by atoms with Crippen LogP contribution in [0.3, 0.4) is 0 Å². The minimum atomic E-state index is -1.13. The Balaban J connectivity index is 1.24. The van der Waals surface area contributed by atoms with E-state index < -0.39 is 11.6 Å². The van der Waals surface area contributed by atoms with Gasteiger partial charge in [0.1, 0.15) is 15.6 Å². The van der Waals surface area contributed by atoms with E-state index in [0.717, 1.165) is 28.4 Å². The standard InChI is InChI=1S/C26H27N5O3S/c1-16(2)26(24(33)27-25(34)28-26)20-10-8-19(9-11-20)23(32)31-14-12-18(13-15-31)22-30-29-21(35-22)17-6-4-3-5-7-17/h3-11,16,18H,12-15H2,1-2H3,(H2,27,28,33,34)/t26-/m1/s1. The van der Waals surface area contributed by atoms with Gasteiger partial charge in [-0.2, -0.15) is 0 Å². The minimum absolute atomic E-state index is 0.0317. The summed E-state index contributed by atoms with van der Waals surface area (Å²) in [6.07, 6.45) is 1.69. The Morgan fingerprint density at radius 1 is 1.03 bits per heavy atom. The number of amides is 4. The smallest absolute Gasteiger partial charge is 0.322 e. The van der Waals surface area contributed by atoms with Crippen LogP contribution in [0.25, 0.3) is 10.6 Å². The molecule has 1 atom stereocenters. The molecule has 1 aromatic heterocycles. The number of urea groups is 1. The Bertz CT molecular complexity index is 1250. The Hall–Kier alpha value is -3.59. The summed E-state index contributed by atoms with van der Waals surface area (Å²) in [7, 11) is 0. The number of likely N-dealkylation sites (tertiary alicyclic amines) is 1. The summed E-state index contributed by atoms with van der Waals surface area (Å²) in [6.45, 7) is 5.07. The van der Waals surface area contributed by atoms with E-state index in [1.165, 1.54) is 0 Å². The number of hydrogen-bond donors (Lipinski definition) is 2. The Kier molecular flexibility index (Phi) is 6.10. The lowest BCUT2D eigenvalue weighted by molar-refractivity contribution is -0.125. The van der Waals surface area contributed by atoms with Crippen molar-refractivity contribution in [2.45, 2.75) is 38.1 Å². The second-order valence-corrected chi connectivity index (χ2v) is 10.3. The first-order chi connectivity index (χ1) is 16.9. The summed E-state index contributed by atoms with van der Waals surface area (Å²) < 4.78 is 0. The number of nitrogens with one attached hydrogen (secondary N) is 2. The molecule has 0 radical (unpaired) electrons. The molecular weight excluding hydrogens is 462 g/mol. The van der Waals surface area contributed by atoms with Gasteiger partial charge in [-0.3, -0.25) is 14.9 Å². The third-order valence-electron chi connectivity index (χ3n) is 6.94. The minimum Gasteiger partial charge on any atom is -0.339 e. The number of imide groups is 1. The van der Waals surface area contributed by atoms with Gasteiger partial charge >= 0.3 is 6.03 Å². The van der Waals surface area contributed by atoms with Gasteiger partial charge in [-0.05, 0) is 36.5 Å². The van der Waals surface area contributed by atoms with E-state index in [4.69, 9.17) is 0 Å². The second kappa shape index (κ2) is 9.22. The molecular formula is C26H27N5O3S. The molecule has 2 aliphatic rings. The number of rotatable bonds is 5. The van der Waals surface area contributed by atoms with Crippen LogP contribution in [0.15, 0.2) is 54.6 Å². The first-order valence-electron chi connectivity index (χ1n) is 11.8. The lowest BCUT2D eigenvalue weighted by Crippen LogP contribution is -2.48. The van der Waals surface area contributed by atoms with Crippen molar-refractivity contribution in [1.82, 2.24) is 25.7 Å². The molecule has 2 aromatic carbocycles. The average molecular weight is 490 g/mol. The molecule has 0 spiro atoms. The van der Waals surface area contributed by atoms with Crippen LogP contribution in [-0.4, -0.2) is 46.0 Å². The highest BCUT2D eigenvalue weighted by molar-refractivity contribution is 7.14. The zero-order chi connectivity index (χ0) is 24.6. The van der Waals surface area contributed by atoms with Crippen molar-refractivity contribution in [3.05, 3.63) is 70.7 Å². The number of nitrogens with zero attached hydrogens (tertiary/aromatic N) is 3. The summed E-state index contributed by atoms with van der Waals surface area (Å²) in [5, 5.41) is 15.8. The summed E-state index contributed by atoms with van der Waals surface area (Å²) >= 11 is 1.63. The summed E-state index contributed by atoms with van der Waals surface area (Å²) in [6, 6.07) is 16.5. The fourth-order valence-electron chi connectivity index (χ4n) is 4.90. The third kappa shape index (κ3) is 4.20. The van der Waals surface area contributed by atoms with Crippen LogP contribution in [0.4, 0.5) is 4.79 Å². The maximum atomic E-state index is 13.1. The lowest BCUT2D eigenvalue weighted by Gasteiger charge is -2.32. The zero-order valence-corrected chi connectivity index (χ0v) is 20.5. The monoisotopic (exact) mass is 489 g/mol. The number of aromatic nitrogens is 2. The van der Waals surface area contributed by atoms with E-state index in [-0.39, 0.29) is 17.7 Å². The molecule has 3 heterocycles. The Morgan fingerprint density at radius 3 is 2.31 bits per heavy atom. The molecule has 3 aromatic rings. The average Bonchev–Trinajstić information content (AvgIpc) is 3.49. The lowest BCUT2D eigenvalue weighted by atomic mass is 9.79. The zero-order valence-electron chi connectivity index (χ0n) is 19.7. The maximum absolute atomic E-state index is 13.1. The van der Waals surface area contributed by atoms with Crippen LogP contribution in [-0.2, 0) is 10.3 Å². The fraction of sp³-hybridized carbons (Fsp3) is 0.346. The SMILES string of the molecule is CC(C)[C@]1(c2ccc(C(=O)N3CCC(c4nnc(-c5ccccc5)s4)CC3)cc2)NC(=O)NC1=O. The van der Waals surface area contributed by atoms with Gasteiger partial charge in [-0.25, -0.2) is 4.79 Å². The van der Waals surface area contributed by atoms with Gasteiger partial charge in [-0.1, -0.05) is 67.6 Å². The molecule has 9 heteroatoms. The molecule has 0 bridgehead atoms. The topological polar surface area (TPSA) is 104 Å². The molecule has 2 N–H and O–H groups in total. The molecule has 4 amide bonds. The van der Waals surface area contributed by atoms with Crippen LogP contribution in [0.2, 0.25) is 0 Å². The van der Waals surface area contributed by atoms with Crippen LogP contribution in [0.1, 0.15) is 53.5 Å². The van der Waals surface area contributed by atoms with E-state index in [9.17, 15) is 14.4 Å². The van der Waals surface area contributed by atoms with Crippen LogP contribution < -0.4 is 10.6 Å². The van der Waals surface area contributed by atoms with Gasteiger partial charge in [0, 0.05) is 30.1 Å². The van der Waals surface area contributed by atoms with Crippen molar-refractivity contribution in [3.8, 4) is 10.6 Å². The number of benzene rings is 2. The largest absolute Gasteiger partial charge is 0.339 e. The highest BCUT2D eigenvalue weighted by Gasteiger charge is 2.50. The van der Waals surface area contributed by atoms with Gasteiger partial charge in [0.2, 0.25) is 0 Å². The quantitative estimate of drug-likeness (QED) is 0.529. The highest BCUT2D eigenvalue weighted by Crippen LogP contribution is 2.35. The highest BCUT2D eigenvalue weighted by atomic mass is 32.1. The van der Waals surface area contributed by atoms with E-state index in [2.05, 4.69) is 20.8 Å². The third-order valence-corrected chi connectivity index (χ3v) is 8.08. The molecule has 0 saturated carbocycles. The van der Waals surface area contributed by atoms with Crippen molar-refractivity contribution >= 4 is 29.2 Å². The molecule has 8 nitrogen and oxygen atoms in total. The van der Waals surface area contributed by atoms with Crippen molar-refractivity contribution in [3.63, 3.8) is 0 Å². The summed E-state index contributed by atoms with van der Waals surface area (Å²) in [5.74, 6) is -0.259. The van der Waals surface area contributed by atoms with E-state index in [0.29, 0.717) is 30.1 Å². The maximum Gasteiger partial charge on any atom is 0.322 e. The predicted octanol–water partition coefficient (Wildman–Crippen LogP) is 3.92. The molecule has 0 unspecified atom stereocenters. The van der Waals surface area contributed by atoms with Gasteiger partial charge in [-0.15, -0.1) is 10.2 Å². The normalized spacial score (nSPS) is 20.7. The van der Waals surface area contributed by atoms with Crippen LogP contribution in [0, 0.1) is 5.92 Å². The fourth-order valence-corrected chi connectivity index (χ4v) is 5.91. The summed E-state index contributed by atoms with van der Waals surface area (Å²) in [5.41, 5.74) is 1.17. The number of carbonyl (C=O) groups is 3. The second-order valence-electron chi connectivity index (χ2n) is 9.33. The molecule has 2 aliphatic heterocycles. The van der Waals surface area contributed by atoms with Gasteiger partial charge < -0.3 is 10.2 Å². The molecule has 35 heavy (non-hydrogen) atoms. The van der Waals surface area contributed by atoms with Crippen molar-refractivity contribution in [2.24, 2.45) is 5.92 Å². The van der Waals surface area contributed by atoms with Gasteiger partial charge in [0.25, 0.3) is 11.8 Å². The molecule has 180 valence electrons. The molecule has 5 rings (SSSR count). The van der Waals surface area contributed by atoms with Gasteiger partial charge in [0.05, 0.1) is 0 Å². The molecule has 0 aliphatic carbocycles. The molecule has 2 fully saturated rings. The first kappa shape index (κ1) is 23.2. The van der Waals surface area contributed by atoms with Crippen molar-refractivity contribution in [1.29, 1.82) is 0 Å². The Labute approximate surface area is 207 Å². The molecule has 2 saturated heterocycles. The van der Waals surface area contributed by atoms with Crippen LogP contribution in [0.5, 0.6) is 0 Å². The summed E-state index contributed by atoms with van der Waals surface area (Å²) in [4.78, 5) is 39.4. The predicted molar refractivity (Wildman–Crippen MR) is 133 cm³/mol. The van der Waals surface area contributed by atoms with E-state index in [1.807, 2.05) is 49.1 Å². The van der Waals surface area contributed by atoms with E-state index in [1.54, 1.807) is 35.6 Å². The first-order valence-corrected chi connectivity index (χ1v) is 12.6. The van der Waals surface area contributed by atoms with Crippen molar-refractivity contribution in [2.75, 3.05) is 13.1 Å². The Morgan fingerprint density at radius 2 is 1.71 bits per heavy atom. The van der Waals surface area contributed by atoms with Crippen molar-refractivity contribution < 1.29 is 14.4 Å². The van der Waals surface area contributed by atoms with Crippen LogP contribution >= 0.6 is 11.3 Å². The number of hydrogen-bond acceptors (Lipinski definition) is 6. The van der Waals surface area contributed by atoms with Gasteiger partial charge in [0.15, 0.2) is 0 Å².